The van der Waals surface area contributed by atoms with Crippen molar-refractivity contribution in [2.75, 3.05) is 7.05 Å². The van der Waals surface area contributed by atoms with Crippen LogP contribution in [0.1, 0.15) is 25.3 Å². The van der Waals surface area contributed by atoms with Gasteiger partial charge in [0.15, 0.2) is 0 Å². The summed E-state index contributed by atoms with van der Waals surface area (Å²) in [7, 11) is 4.04. The van der Waals surface area contributed by atoms with Crippen LogP contribution in [0.3, 0.4) is 0 Å². The standard InChI is InChI=1S/C12H21N3/c1-9(11-4-5-11)12(13-2)6-10-7-14-15(3)8-10/h7-9,11-13H,4-6H2,1-3H3. The molecule has 1 aromatic rings. The highest BCUT2D eigenvalue weighted by atomic mass is 15.2. The van der Waals surface area contributed by atoms with Crippen LogP contribution < -0.4 is 5.32 Å². The molecule has 1 saturated carbocycles. The molecule has 0 aromatic carbocycles. The van der Waals surface area contributed by atoms with E-state index < -0.39 is 0 Å². The molecule has 0 amide bonds. The Morgan fingerprint density at radius 3 is 2.80 bits per heavy atom. The third-order valence-electron chi connectivity index (χ3n) is 3.59. The average molecular weight is 207 g/mol. The molecule has 3 heteroatoms. The van der Waals surface area contributed by atoms with Gasteiger partial charge in [-0.05, 0) is 43.7 Å². The van der Waals surface area contributed by atoms with E-state index in [1.807, 2.05) is 17.9 Å². The highest BCUT2D eigenvalue weighted by Crippen LogP contribution is 2.38. The van der Waals surface area contributed by atoms with Gasteiger partial charge in [-0.2, -0.15) is 5.10 Å². The van der Waals surface area contributed by atoms with E-state index in [0.29, 0.717) is 6.04 Å². The van der Waals surface area contributed by atoms with Crippen LogP contribution in [0.25, 0.3) is 0 Å². The molecule has 84 valence electrons. The van der Waals surface area contributed by atoms with Gasteiger partial charge >= 0.3 is 0 Å². The maximum atomic E-state index is 4.21. The summed E-state index contributed by atoms with van der Waals surface area (Å²) in [5.41, 5.74) is 1.34. The van der Waals surface area contributed by atoms with Gasteiger partial charge in [-0.3, -0.25) is 4.68 Å². The van der Waals surface area contributed by atoms with Gasteiger partial charge in [0, 0.05) is 19.3 Å². The lowest BCUT2D eigenvalue weighted by atomic mass is 9.92. The smallest absolute Gasteiger partial charge is 0.0522 e. The van der Waals surface area contributed by atoms with E-state index in [4.69, 9.17) is 0 Å². The lowest BCUT2D eigenvalue weighted by Crippen LogP contribution is -2.35. The van der Waals surface area contributed by atoms with Gasteiger partial charge in [-0.15, -0.1) is 0 Å². The topological polar surface area (TPSA) is 29.9 Å². The molecule has 3 nitrogen and oxygen atoms in total. The lowest BCUT2D eigenvalue weighted by molar-refractivity contribution is 0.357. The van der Waals surface area contributed by atoms with E-state index in [-0.39, 0.29) is 0 Å². The van der Waals surface area contributed by atoms with Crippen molar-refractivity contribution < 1.29 is 0 Å². The monoisotopic (exact) mass is 207 g/mol. The molecule has 1 heterocycles. The van der Waals surface area contributed by atoms with Crippen LogP contribution in [0.4, 0.5) is 0 Å². The molecule has 15 heavy (non-hydrogen) atoms. The SMILES string of the molecule is CNC(Cc1cnn(C)c1)C(C)C1CC1. The number of rotatable bonds is 5. The second kappa shape index (κ2) is 4.35. The largest absolute Gasteiger partial charge is 0.316 e. The van der Waals surface area contributed by atoms with Crippen molar-refractivity contribution in [3.63, 3.8) is 0 Å². The number of likely N-dealkylation sites (N-methyl/N-ethyl adjacent to an activating group) is 1. The first-order chi connectivity index (χ1) is 7.20. The predicted octanol–water partition coefficient (Wildman–Crippen LogP) is 1.60. The van der Waals surface area contributed by atoms with Crippen LogP contribution in [0.2, 0.25) is 0 Å². The molecule has 0 bridgehead atoms. The van der Waals surface area contributed by atoms with Gasteiger partial charge in [-0.25, -0.2) is 0 Å². The molecule has 2 rings (SSSR count). The molecule has 0 radical (unpaired) electrons. The molecule has 1 fully saturated rings. The number of nitrogens with one attached hydrogen (secondary N) is 1. The Kier molecular flexibility index (Phi) is 3.10. The van der Waals surface area contributed by atoms with Gasteiger partial charge in [-0.1, -0.05) is 6.92 Å². The normalized spacial score (nSPS) is 20.2. The summed E-state index contributed by atoms with van der Waals surface area (Å²) < 4.78 is 1.88. The highest BCUT2D eigenvalue weighted by molar-refractivity contribution is 5.07. The third-order valence-corrected chi connectivity index (χ3v) is 3.59. The minimum absolute atomic E-state index is 0.599. The van der Waals surface area contributed by atoms with Crippen LogP contribution in [0, 0.1) is 11.8 Å². The fourth-order valence-electron chi connectivity index (χ4n) is 2.33. The number of hydrogen-bond acceptors (Lipinski definition) is 2. The van der Waals surface area contributed by atoms with E-state index in [1.165, 1.54) is 18.4 Å². The van der Waals surface area contributed by atoms with Gasteiger partial charge in [0.05, 0.1) is 6.20 Å². The second-order valence-electron chi connectivity index (χ2n) is 4.82. The van der Waals surface area contributed by atoms with Crippen molar-refractivity contribution in [1.82, 2.24) is 15.1 Å². The van der Waals surface area contributed by atoms with Gasteiger partial charge < -0.3 is 5.32 Å². The summed E-state index contributed by atoms with van der Waals surface area (Å²) in [5.74, 6) is 1.74. The predicted molar refractivity (Wildman–Crippen MR) is 61.6 cm³/mol. The van der Waals surface area contributed by atoms with Crippen molar-refractivity contribution in [2.24, 2.45) is 18.9 Å². The van der Waals surface area contributed by atoms with E-state index >= 15 is 0 Å². The summed E-state index contributed by atoms with van der Waals surface area (Å²) in [6, 6.07) is 0.599. The lowest BCUT2D eigenvalue weighted by Gasteiger charge is -2.22. The second-order valence-corrected chi connectivity index (χ2v) is 4.82. The summed E-state index contributed by atoms with van der Waals surface area (Å²) in [5, 5.41) is 7.66. The van der Waals surface area contributed by atoms with Gasteiger partial charge in [0.25, 0.3) is 0 Å². The first-order valence-corrected chi connectivity index (χ1v) is 5.85. The van der Waals surface area contributed by atoms with Crippen LogP contribution in [-0.2, 0) is 13.5 Å². The van der Waals surface area contributed by atoms with E-state index in [1.54, 1.807) is 0 Å². The molecule has 2 unspecified atom stereocenters. The average Bonchev–Trinajstić information content (AvgIpc) is 2.99. The minimum Gasteiger partial charge on any atom is -0.316 e. The van der Waals surface area contributed by atoms with Crippen LogP contribution in [0.5, 0.6) is 0 Å². The molecule has 0 aliphatic heterocycles. The van der Waals surface area contributed by atoms with Gasteiger partial charge in [0.1, 0.15) is 0 Å². The Morgan fingerprint density at radius 2 is 2.33 bits per heavy atom. The highest BCUT2D eigenvalue weighted by Gasteiger charge is 2.32. The molecular weight excluding hydrogens is 186 g/mol. The van der Waals surface area contributed by atoms with Crippen LogP contribution in [0.15, 0.2) is 12.4 Å². The zero-order valence-corrected chi connectivity index (χ0v) is 9.90. The summed E-state index contributed by atoms with van der Waals surface area (Å²) >= 11 is 0. The van der Waals surface area contributed by atoms with Crippen molar-refractivity contribution in [3.05, 3.63) is 18.0 Å². The van der Waals surface area contributed by atoms with Crippen LogP contribution in [-0.4, -0.2) is 22.9 Å². The Morgan fingerprint density at radius 1 is 1.60 bits per heavy atom. The van der Waals surface area contributed by atoms with E-state index in [0.717, 1.165) is 18.3 Å². The Balaban J connectivity index is 1.95. The summed E-state index contributed by atoms with van der Waals surface area (Å²) in [6.07, 6.45) is 8.04. The fraction of sp³-hybridized carbons (Fsp3) is 0.750. The van der Waals surface area contributed by atoms with Crippen molar-refractivity contribution in [1.29, 1.82) is 0 Å². The molecular formula is C12H21N3. The Bertz CT molecular complexity index is 314. The van der Waals surface area contributed by atoms with Crippen LogP contribution >= 0.6 is 0 Å². The zero-order chi connectivity index (χ0) is 10.8. The summed E-state index contributed by atoms with van der Waals surface area (Å²) in [4.78, 5) is 0. The molecule has 1 aliphatic carbocycles. The minimum atomic E-state index is 0.599. The molecule has 1 N–H and O–H groups in total. The van der Waals surface area contributed by atoms with E-state index in [9.17, 15) is 0 Å². The van der Waals surface area contributed by atoms with Crippen molar-refractivity contribution in [3.8, 4) is 0 Å². The fourth-order valence-corrected chi connectivity index (χ4v) is 2.33. The number of hydrogen-bond donors (Lipinski definition) is 1. The molecule has 1 aromatic heterocycles. The molecule has 2 atom stereocenters. The maximum absolute atomic E-state index is 4.21. The van der Waals surface area contributed by atoms with Crippen molar-refractivity contribution >= 4 is 0 Å². The number of nitrogens with zero attached hydrogens (tertiary/aromatic N) is 2. The van der Waals surface area contributed by atoms with Gasteiger partial charge in [0.2, 0.25) is 0 Å². The number of aromatic nitrogens is 2. The first kappa shape index (κ1) is 10.7. The quantitative estimate of drug-likeness (QED) is 0.794. The van der Waals surface area contributed by atoms with Crippen molar-refractivity contribution in [2.45, 2.75) is 32.2 Å². The third kappa shape index (κ3) is 2.59. The first-order valence-electron chi connectivity index (χ1n) is 5.85. The Labute approximate surface area is 91.9 Å². The molecule has 0 spiro atoms. The zero-order valence-electron chi connectivity index (χ0n) is 9.90. The molecule has 0 saturated heterocycles. The Hall–Kier alpha value is -0.830. The summed E-state index contributed by atoms with van der Waals surface area (Å²) in [6.45, 7) is 2.37. The maximum Gasteiger partial charge on any atom is 0.0522 e. The molecule has 1 aliphatic rings. The number of aryl methyl sites for hydroxylation is 1. The van der Waals surface area contributed by atoms with E-state index in [2.05, 4.69) is 30.6 Å².